The lowest BCUT2D eigenvalue weighted by atomic mass is 9.77. The van der Waals surface area contributed by atoms with Gasteiger partial charge in [0.2, 0.25) is 5.89 Å². The lowest BCUT2D eigenvalue weighted by Crippen LogP contribution is -2.44. The number of aromatic nitrogens is 2. The molecule has 1 aromatic heterocycles. The molecule has 0 spiro atoms. The molecular weight excluding hydrogens is 266 g/mol. The van der Waals surface area contributed by atoms with E-state index >= 15 is 0 Å². The van der Waals surface area contributed by atoms with Gasteiger partial charge in [-0.2, -0.15) is 4.98 Å². The van der Waals surface area contributed by atoms with E-state index < -0.39 is 0 Å². The SMILES string of the molecule is NC1(c2noc(CC3OCCc4ccccc43)n2)CCC1. The van der Waals surface area contributed by atoms with Crippen LogP contribution in [0.25, 0.3) is 0 Å². The molecule has 2 aliphatic rings. The van der Waals surface area contributed by atoms with Gasteiger partial charge in [0.05, 0.1) is 24.7 Å². The maximum Gasteiger partial charge on any atom is 0.229 e. The molecule has 0 bridgehead atoms. The Balaban J connectivity index is 1.54. The average Bonchev–Trinajstić information content (AvgIpc) is 2.94. The Morgan fingerprint density at radius 2 is 2.14 bits per heavy atom. The molecule has 1 unspecified atom stereocenters. The molecule has 2 aromatic rings. The first-order valence-corrected chi connectivity index (χ1v) is 7.56. The number of benzene rings is 1. The highest BCUT2D eigenvalue weighted by Crippen LogP contribution is 2.37. The van der Waals surface area contributed by atoms with E-state index in [4.69, 9.17) is 15.0 Å². The zero-order valence-electron chi connectivity index (χ0n) is 11.9. The summed E-state index contributed by atoms with van der Waals surface area (Å²) in [5, 5.41) is 4.06. The second-order valence-electron chi connectivity index (χ2n) is 6.03. The first-order chi connectivity index (χ1) is 10.2. The molecule has 0 saturated heterocycles. The average molecular weight is 285 g/mol. The number of rotatable bonds is 3. The van der Waals surface area contributed by atoms with Crippen LogP contribution in [0.5, 0.6) is 0 Å². The smallest absolute Gasteiger partial charge is 0.229 e. The lowest BCUT2D eigenvalue weighted by molar-refractivity contribution is 0.0375. The lowest BCUT2D eigenvalue weighted by Gasteiger charge is -2.34. The summed E-state index contributed by atoms with van der Waals surface area (Å²) in [4.78, 5) is 4.49. The Labute approximate surface area is 123 Å². The van der Waals surface area contributed by atoms with Gasteiger partial charge in [-0.1, -0.05) is 29.4 Å². The predicted molar refractivity (Wildman–Crippen MR) is 76.6 cm³/mol. The number of hydrogen-bond donors (Lipinski definition) is 1. The summed E-state index contributed by atoms with van der Waals surface area (Å²) in [6.07, 6.45) is 4.59. The Kier molecular flexibility index (Phi) is 3.05. The van der Waals surface area contributed by atoms with Crippen molar-refractivity contribution < 1.29 is 9.26 Å². The van der Waals surface area contributed by atoms with Gasteiger partial charge < -0.3 is 15.0 Å². The molecule has 21 heavy (non-hydrogen) atoms. The third-order valence-electron chi connectivity index (χ3n) is 4.61. The number of fused-ring (bicyclic) bond motifs is 1. The van der Waals surface area contributed by atoms with Gasteiger partial charge in [-0.25, -0.2) is 0 Å². The molecule has 5 nitrogen and oxygen atoms in total. The summed E-state index contributed by atoms with van der Waals surface area (Å²) in [6.45, 7) is 0.740. The monoisotopic (exact) mass is 285 g/mol. The first kappa shape index (κ1) is 13.0. The van der Waals surface area contributed by atoms with Crippen LogP contribution in [0, 0.1) is 0 Å². The van der Waals surface area contributed by atoms with Crippen LogP contribution in [0.1, 0.15) is 48.2 Å². The van der Waals surface area contributed by atoms with Crippen molar-refractivity contribution >= 4 is 0 Å². The maximum absolute atomic E-state index is 6.23. The Bertz CT molecular complexity index is 648. The normalized spacial score (nSPS) is 23.4. The van der Waals surface area contributed by atoms with Crippen molar-refractivity contribution in [3.63, 3.8) is 0 Å². The van der Waals surface area contributed by atoms with E-state index in [-0.39, 0.29) is 11.6 Å². The van der Waals surface area contributed by atoms with Crippen molar-refractivity contribution in [3.8, 4) is 0 Å². The number of ether oxygens (including phenoxy) is 1. The second kappa shape index (κ2) is 4.93. The van der Waals surface area contributed by atoms with Crippen molar-refractivity contribution in [2.24, 2.45) is 5.73 Å². The highest BCUT2D eigenvalue weighted by atomic mass is 16.5. The minimum Gasteiger partial charge on any atom is -0.373 e. The molecular formula is C16H19N3O2. The molecule has 0 amide bonds. The second-order valence-corrected chi connectivity index (χ2v) is 6.03. The van der Waals surface area contributed by atoms with Crippen molar-refractivity contribution in [1.29, 1.82) is 0 Å². The molecule has 5 heteroatoms. The first-order valence-electron chi connectivity index (χ1n) is 7.56. The van der Waals surface area contributed by atoms with E-state index in [0.29, 0.717) is 18.1 Å². The third-order valence-corrected chi connectivity index (χ3v) is 4.61. The number of nitrogens with two attached hydrogens (primary N) is 1. The number of nitrogens with zero attached hydrogens (tertiary/aromatic N) is 2. The van der Waals surface area contributed by atoms with Crippen molar-refractivity contribution in [1.82, 2.24) is 10.1 Å². The Hall–Kier alpha value is -1.72. The van der Waals surface area contributed by atoms with Crippen LogP contribution >= 0.6 is 0 Å². The Morgan fingerprint density at radius 3 is 2.95 bits per heavy atom. The van der Waals surface area contributed by atoms with Gasteiger partial charge in [-0.05, 0) is 36.8 Å². The molecule has 4 rings (SSSR count). The molecule has 1 atom stereocenters. The van der Waals surface area contributed by atoms with Crippen LogP contribution in [0.4, 0.5) is 0 Å². The van der Waals surface area contributed by atoms with E-state index in [1.807, 2.05) is 6.07 Å². The van der Waals surface area contributed by atoms with Crippen LogP contribution in [0.3, 0.4) is 0 Å². The van der Waals surface area contributed by atoms with Gasteiger partial charge in [-0.3, -0.25) is 0 Å². The Morgan fingerprint density at radius 1 is 1.29 bits per heavy atom. The minimum atomic E-state index is -0.368. The predicted octanol–water partition coefficient (Wildman–Crippen LogP) is 2.26. The topological polar surface area (TPSA) is 74.2 Å². The summed E-state index contributed by atoms with van der Waals surface area (Å²) in [7, 11) is 0. The van der Waals surface area contributed by atoms with Crippen LogP contribution in [0.15, 0.2) is 28.8 Å². The molecule has 2 N–H and O–H groups in total. The van der Waals surface area contributed by atoms with E-state index in [1.54, 1.807) is 0 Å². The van der Waals surface area contributed by atoms with Gasteiger partial charge in [0, 0.05) is 0 Å². The molecule has 0 radical (unpaired) electrons. The zero-order chi connectivity index (χ0) is 14.3. The summed E-state index contributed by atoms with van der Waals surface area (Å²) >= 11 is 0. The van der Waals surface area contributed by atoms with Crippen LogP contribution in [-0.4, -0.2) is 16.7 Å². The van der Waals surface area contributed by atoms with E-state index in [2.05, 4.69) is 28.3 Å². The van der Waals surface area contributed by atoms with Gasteiger partial charge in [-0.15, -0.1) is 0 Å². The minimum absolute atomic E-state index is 0.00151. The highest BCUT2D eigenvalue weighted by Gasteiger charge is 2.39. The molecule has 110 valence electrons. The summed E-state index contributed by atoms with van der Waals surface area (Å²) in [5.41, 5.74) is 8.44. The zero-order valence-corrected chi connectivity index (χ0v) is 11.9. The highest BCUT2D eigenvalue weighted by molar-refractivity contribution is 5.31. The number of hydrogen-bond acceptors (Lipinski definition) is 5. The fourth-order valence-corrected chi connectivity index (χ4v) is 3.13. The van der Waals surface area contributed by atoms with Gasteiger partial charge >= 0.3 is 0 Å². The molecule has 1 aliphatic carbocycles. The van der Waals surface area contributed by atoms with Crippen molar-refractivity contribution in [2.75, 3.05) is 6.61 Å². The van der Waals surface area contributed by atoms with E-state index in [9.17, 15) is 0 Å². The fourth-order valence-electron chi connectivity index (χ4n) is 3.13. The van der Waals surface area contributed by atoms with E-state index in [0.717, 1.165) is 32.3 Å². The molecule has 1 saturated carbocycles. The van der Waals surface area contributed by atoms with Gasteiger partial charge in [0.15, 0.2) is 5.82 Å². The summed E-state index contributed by atoms with van der Waals surface area (Å²) in [5.74, 6) is 1.26. The third kappa shape index (κ3) is 2.26. The molecule has 2 heterocycles. The van der Waals surface area contributed by atoms with Gasteiger partial charge in [0.1, 0.15) is 0 Å². The molecule has 1 aromatic carbocycles. The largest absolute Gasteiger partial charge is 0.373 e. The van der Waals surface area contributed by atoms with Crippen molar-refractivity contribution in [2.45, 2.75) is 43.7 Å². The molecule has 1 fully saturated rings. The van der Waals surface area contributed by atoms with Gasteiger partial charge in [0.25, 0.3) is 0 Å². The van der Waals surface area contributed by atoms with Crippen LogP contribution < -0.4 is 5.73 Å². The standard InChI is InChI=1S/C16H19N3O2/c17-16(7-3-8-16)15-18-14(21-19-15)10-13-12-5-2-1-4-11(12)6-9-20-13/h1-2,4-5,13H,3,6-10,17H2. The van der Waals surface area contributed by atoms with Crippen molar-refractivity contribution in [3.05, 3.63) is 47.1 Å². The fraction of sp³-hybridized carbons (Fsp3) is 0.500. The molecule has 1 aliphatic heterocycles. The summed E-state index contributed by atoms with van der Waals surface area (Å²) in [6, 6.07) is 8.39. The van der Waals surface area contributed by atoms with Crippen LogP contribution in [-0.2, 0) is 23.1 Å². The van der Waals surface area contributed by atoms with E-state index in [1.165, 1.54) is 11.1 Å². The quantitative estimate of drug-likeness (QED) is 0.936. The summed E-state index contributed by atoms with van der Waals surface area (Å²) < 4.78 is 11.3. The maximum atomic E-state index is 6.23. The van der Waals surface area contributed by atoms with Crippen LogP contribution in [0.2, 0.25) is 0 Å².